The van der Waals surface area contributed by atoms with Crippen LogP contribution in [0.5, 0.6) is 0 Å². The molecule has 2 amide bonds. The van der Waals surface area contributed by atoms with Crippen LogP contribution in [0, 0.1) is 6.92 Å². The first kappa shape index (κ1) is 22.7. The van der Waals surface area contributed by atoms with Gasteiger partial charge in [0, 0.05) is 17.6 Å². The molecule has 0 aliphatic carbocycles. The minimum atomic E-state index is -0.483. The third-order valence-electron chi connectivity index (χ3n) is 3.95. The first-order chi connectivity index (χ1) is 12.2. The second-order valence-corrected chi connectivity index (χ2v) is 7.27. The third kappa shape index (κ3) is 7.81. The van der Waals surface area contributed by atoms with Crippen LogP contribution in [0.25, 0.3) is 0 Å². The average molecular weight is 390 g/mol. The molecule has 5 nitrogen and oxygen atoms in total. The van der Waals surface area contributed by atoms with Crippen LogP contribution in [0.3, 0.4) is 0 Å². The van der Waals surface area contributed by atoms with Gasteiger partial charge in [0.15, 0.2) is 0 Å². The van der Waals surface area contributed by atoms with Gasteiger partial charge in [0.2, 0.25) is 5.91 Å². The number of nitrogens with two attached hydrogens (primary N) is 1. The van der Waals surface area contributed by atoms with Crippen molar-refractivity contribution in [3.05, 3.63) is 71.3 Å². The Labute approximate surface area is 167 Å². The predicted octanol–water partition coefficient (Wildman–Crippen LogP) is 3.13. The normalized spacial score (nSPS) is 11.9. The zero-order chi connectivity index (χ0) is 19.2. The fourth-order valence-corrected chi connectivity index (χ4v) is 2.47. The van der Waals surface area contributed by atoms with Gasteiger partial charge in [-0.1, -0.05) is 48.0 Å². The van der Waals surface area contributed by atoms with Crippen LogP contribution < -0.4 is 16.4 Å². The van der Waals surface area contributed by atoms with Gasteiger partial charge in [0.05, 0.1) is 12.5 Å². The Hall–Kier alpha value is -2.37. The molecule has 2 aromatic carbocycles. The molecular weight excluding hydrogens is 362 g/mol. The number of benzene rings is 2. The Morgan fingerprint density at radius 3 is 2.19 bits per heavy atom. The van der Waals surface area contributed by atoms with Crippen molar-refractivity contribution in [3.8, 4) is 0 Å². The molecule has 2 rings (SSSR count). The van der Waals surface area contributed by atoms with Gasteiger partial charge in [-0.15, -0.1) is 12.4 Å². The minimum Gasteiger partial charge on any atom is -0.354 e. The van der Waals surface area contributed by atoms with Crippen LogP contribution in [-0.4, -0.2) is 23.9 Å². The zero-order valence-corrected chi connectivity index (χ0v) is 16.8. The number of nitrogens with one attached hydrogen (secondary N) is 2. The molecule has 2 aromatic rings. The minimum absolute atomic E-state index is 0. The van der Waals surface area contributed by atoms with Crippen molar-refractivity contribution < 1.29 is 9.59 Å². The molecule has 0 saturated heterocycles. The van der Waals surface area contributed by atoms with Gasteiger partial charge in [0.1, 0.15) is 0 Å². The summed E-state index contributed by atoms with van der Waals surface area (Å²) in [5.41, 5.74) is 7.97. The summed E-state index contributed by atoms with van der Waals surface area (Å²) >= 11 is 0. The standard InChI is InChI=1S/C21H27N3O2.ClH/c1-15-9-11-17(12-10-15)20(26)24-18(16-7-5-4-6-8-16)13-19(25)23-14-21(2,3)22;/h4-12,18H,13-14,22H2,1-3H3,(H,23,25)(H,24,26);1H. The lowest BCUT2D eigenvalue weighted by atomic mass is 10.0. The number of aryl methyl sites for hydroxylation is 1. The number of halogens is 1. The molecule has 0 saturated carbocycles. The highest BCUT2D eigenvalue weighted by molar-refractivity contribution is 5.94. The van der Waals surface area contributed by atoms with E-state index in [4.69, 9.17) is 5.73 Å². The van der Waals surface area contributed by atoms with Crippen molar-refractivity contribution in [1.29, 1.82) is 0 Å². The van der Waals surface area contributed by atoms with E-state index in [1.54, 1.807) is 12.1 Å². The Morgan fingerprint density at radius 1 is 1.04 bits per heavy atom. The van der Waals surface area contributed by atoms with Crippen LogP contribution >= 0.6 is 12.4 Å². The van der Waals surface area contributed by atoms with Crippen molar-refractivity contribution in [3.63, 3.8) is 0 Å². The average Bonchev–Trinajstić information content (AvgIpc) is 2.60. The van der Waals surface area contributed by atoms with E-state index in [1.807, 2.05) is 63.2 Å². The van der Waals surface area contributed by atoms with Crippen molar-refractivity contribution >= 4 is 24.2 Å². The molecule has 0 aromatic heterocycles. The smallest absolute Gasteiger partial charge is 0.251 e. The molecule has 146 valence electrons. The van der Waals surface area contributed by atoms with Crippen LogP contribution in [0.2, 0.25) is 0 Å². The molecular formula is C21H28ClN3O2. The summed E-state index contributed by atoms with van der Waals surface area (Å²) < 4.78 is 0. The quantitative estimate of drug-likeness (QED) is 0.680. The van der Waals surface area contributed by atoms with Gasteiger partial charge >= 0.3 is 0 Å². The van der Waals surface area contributed by atoms with Crippen LogP contribution in [-0.2, 0) is 4.79 Å². The molecule has 1 unspecified atom stereocenters. The third-order valence-corrected chi connectivity index (χ3v) is 3.95. The van der Waals surface area contributed by atoms with Crippen molar-refractivity contribution in [2.45, 2.75) is 38.8 Å². The predicted molar refractivity (Wildman–Crippen MR) is 111 cm³/mol. The molecule has 0 heterocycles. The Morgan fingerprint density at radius 2 is 1.63 bits per heavy atom. The van der Waals surface area contributed by atoms with E-state index in [9.17, 15) is 9.59 Å². The Bertz CT molecular complexity index is 740. The van der Waals surface area contributed by atoms with Gasteiger partial charge in [0.25, 0.3) is 5.91 Å². The number of rotatable bonds is 7. The van der Waals surface area contributed by atoms with E-state index in [0.717, 1.165) is 11.1 Å². The first-order valence-electron chi connectivity index (χ1n) is 8.73. The fourth-order valence-electron chi connectivity index (χ4n) is 2.47. The molecule has 6 heteroatoms. The number of carbonyl (C=O) groups excluding carboxylic acids is 2. The maximum absolute atomic E-state index is 12.6. The van der Waals surface area contributed by atoms with Crippen LogP contribution in [0.4, 0.5) is 0 Å². The van der Waals surface area contributed by atoms with E-state index in [2.05, 4.69) is 10.6 Å². The summed E-state index contributed by atoms with van der Waals surface area (Å²) in [5, 5.41) is 5.79. The largest absolute Gasteiger partial charge is 0.354 e. The molecule has 0 radical (unpaired) electrons. The highest BCUT2D eigenvalue weighted by Crippen LogP contribution is 2.18. The Balaban J connectivity index is 0.00000364. The van der Waals surface area contributed by atoms with Crippen molar-refractivity contribution in [2.75, 3.05) is 6.54 Å². The lowest BCUT2D eigenvalue weighted by Gasteiger charge is -2.22. The summed E-state index contributed by atoms with van der Waals surface area (Å²) in [5.74, 6) is -0.354. The summed E-state index contributed by atoms with van der Waals surface area (Å²) in [7, 11) is 0. The molecule has 0 fully saturated rings. The van der Waals surface area contributed by atoms with Gasteiger partial charge in [-0.25, -0.2) is 0 Å². The topological polar surface area (TPSA) is 84.2 Å². The SMILES string of the molecule is Cc1ccc(C(=O)NC(CC(=O)NCC(C)(C)N)c2ccccc2)cc1.Cl. The summed E-state index contributed by atoms with van der Waals surface area (Å²) in [6.45, 7) is 6.04. The van der Waals surface area contributed by atoms with Crippen LogP contribution in [0.1, 0.15) is 47.8 Å². The number of hydrogen-bond donors (Lipinski definition) is 3. The molecule has 27 heavy (non-hydrogen) atoms. The molecule has 0 aliphatic rings. The van der Waals surface area contributed by atoms with E-state index in [0.29, 0.717) is 12.1 Å². The summed E-state index contributed by atoms with van der Waals surface area (Å²) in [6, 6.07) is 16.4. The lowest BCUT2D eigenvalue weighted by molar-refractivity contribution is -0.121. The highest BCUT2D eigenvalue weighted by atomic mass is 35.5. The summed E-state index contributed by atoms with van der Waals surface area (Å²) in [6.07, 6.45) is 0.150. The summed E-state index contributed by atoms with van der Waals surface area (Å²) in [4.78, 5) is 24.9. The maximum atomic E-state index is 12.6. The molecule has 0 bridgehead atoms. The maximum Gasteiger partial charge on any atom is 0.251 e. The molecule has 0 aliphatic heterocycles. The lowest BCUT2D eigenvalue weighted by Crippen LogP contribution is -2.45. The van der Waals surface area contributed by atoms with Crippen LogP contribution in [0.15, 0.2) is 54.6 Å². The zero-order valence-electron chi connectivity index (χ0n) is 16.0. The van der Waals surface area contributed by atoms with Gasteiger partial charge in [-0.2, -0.15) is 0 Å². The van der Waals surface area contributed by atoms with Gasteiger partial charge in [-0.3, -0.25) is 9.59 Å². The first-order valence-corrected chi connectivity index (χ1v) is 8.73. The van der Waals surface area contributed by atoms with Crippen molar-refractivity contribution in [1.82, 2.24) is 10.6 Å². The number of hydrogen-bond acceptors (Lipinski definition) is 3. The Kier molecular flexibility index (Phi) is 8.47. The van der Waals surface area contributed by atoms with Crippen molar-refractivity contribution in [2.24, 2.45) is 5.73 Å². The van der Waals surface area contributed by atoms with E-state index in [-0.39, 0.29) is 30.6 Å². The molecule has 0 spiro atoms. The van der Waals surface area contributed by atoms with Gasteiger partial charge in [-0.05, 0) is 38.5 Å². The number of amides is 2. The second kappa shape index (κ2) is 10.1. The van der Waals surface area contributed by atoms with E-state index in [1.165, 1.54) is 0 Å². The molecule has 4 N–H and O–H groups in total. The van der Waals surface area contributed by atoms with E-state index >= 15 is 0 Å². The van der Waals surface area contributed by atoms with E-state index < -0.39 is 11.6 Å². The van der Waals surface area contributed by atoms with Gasteiger partial charge < -0.3 is 16.4 Å². The molecule has 1 atom stereocenters. The number of carbonyl (C=O) groups is 2. The second-order valence-electron chi connectivity index (χ2n) is 7.27. The highest BCUT2D eigenvalue weighted by Gasteiger charge is 2.20. The fraction of sp³-hybridized carbons (Fsp3) is 0.333. The monoisotopic (exact) mass is 389 g/mol.